The molecule has 92 valence electrons. The van der Waals surface area contributed by atoms with Crippen LogP contribution in [0.5, 0.6) is 0 Å². The smallest absolute Gasteiger partial charge is 0.230 e. The Hall–Kier alpha value is -1.75. The van der Waals surface area contributed by atoms with Crippen LogP contribution in [0.1, 0.15) is 12.8 Å². The number of nitrogens with zero attached hydrogens (tertiary/aromatic N) is 5. The van der Waals surface area contributed by atoms with Crippen LogP contribution in [0.4, 0.5) is 5.95 Å². The van der Waals surface area contributed by atoms with E-state index in [1.807, 2.05) is 12.1 Å². The summed E-state index contributed by atoms with van der Waals surface area (Å²) < 4.78 is 0. The van der Waals surface area contributed by atoms with Gasteiger partial charge < -0.3 is 4.90 Å². The zero-order chi connectivity index (χ0) is 12.4. The van der Waals surface area contributed by atoms with E-state index in [1.54, 1.807) is 12.4 Å². The Morgan fingerprint density at radius 2 is 1.72 bits per heavy atom. The van der Waals surface area contributed by atoms with Crippen molar-refractivity contribution < 1.29 is 0 Å². The molecule has 0 unspecified atom stereocenters. The predicted molar refractivity (Wildman–Crippen MR) is 69.5 cm³/mol. The van der Waals surface area contributed by atoms with Gasteiger partial charge in [0.25, 0.3) is 0 Å². The number of rotatable bonds is 2. The van der Waals surface area contributed by atoms with Gasteiger partial charge in [0.1, 0.15) is 0 Å². The largest absolute Gasteiger partial charge is 0.341 e. The highest BCUT2D eigenvalue weighted by Crippen LogP contribution is 2.21. The van der Waals surface area contributed by atoms with Crippen LogP contribution in [0.3, 0.4) is 0 Å². The molecule has 5 nitrogen and oxygen atoms in total. The fourth-order valence-corrected chi connectivity index (χ4v) is 2.18. The van der Waals surface area contributed by atoms with Crippen molar-refractivity contribution in [3.63, 3.8) is 0 Å². The first-order valence-electron chi connectivity index (χ1n) is 5.90. The second kappa shape index (κ2) is 4.86. The van der Waals surface area contributed by atoms with E-state index in [9.17, 15) is 0 Å². The minimum atomic E-state index is 0.235. The highest BCUT2D eigenvalue weighted by atomic mass is 35.5. The van der Waals surface area contributed by atoms with Crippen molar-refractivity contribution in [2.45, 2.75) is 12.8 Å². The molecule has 1 saturated heterocycles. The lowest BCUT2D eigenvalue weighted by Crippen LogP contribution is -2.21. The Bertz CT molecular complexity index is 539. The van der Waals surface area contributed by atoms with Gasteiger partial charge in [0.15, 0.2) is 5.82 Å². The van der Waals surface area contributed by atoms with Crippen LogP contribution in [0, 0.1) is 0 Å². The van der Waals surface area contributed by atoms with Crippen molar-refractivity contribution in [3.05, 3.63) is 29.8 Å². The van der Waals surface area contributed by atoms with Gasteiger partial charge in [0.05, 0.1) is 0 Å². The topological polar surface area (TPSA) is 54.8 Å². The Kier molecular flexibility index (Phi) is 3.06. The maximum atomic E-state index is 5.97. The van der Waals surface area contributed by atoms with Gasteiger partial charge in [-0.3, -0.25) is 4.98 Å². The summed E-state index contributed by atoms with van der Waals surface area (Å²) in [6.07, 6.45) is 5.77. The minimum absolute atomic E-state index is 0.235. The van der Waals surface area contributed by atoms with Crippen LogP contribution >= 0.6 is 11.6 Å². The summed E-state index contributed by atoms with van der Waals surface area (Å²) in [4.78, 5) is 19.0. The van der Waals surface area contributed by atoms with Crippen LogP contribution < -0.4 is 4.90 Å². The quantitative estimate of drug-likeness (QED) is 0.829. The molecule has 3 rings (SSSR count). The zero-order valence-corrected chi connectivity index (χ0v) is 10.5. The average Bonchev–Trinajstić information content (AvgIpc) is 2.93. The first-order chi connectivity index (χ1) is 8.83. The number of halogens is 1. The lowest BCUT2D eigenvalue weighted by molar-refractivity contribution is 0.882. The molecule has 0 N–H and O–H groups in total. The third-order valence-corrected chi connectivity index (χ3v) is 3.09. The summed E-state index contributed by atoms with van der Waals surface area (Å²) >= 11 is 5.97. The second-order valence-corrected chi connectivity index (χ2v) is 4.50. The molecule has 6 heteroatoms. The van der Waals surface area contributed by atoms with E-state index >= 15 is 0 Å². The van der Waals surface area contributed by atoms with Gasteiger partial charge in [0, 0.05) is 31.0 Å². The highest BCUT2D eigenvalue weighted by molar-refractivity contribution is 6.28. The molecule has 0 radical (unpaired) electrons. The normalized spacial score (nSPS) is 15.1. The third kappa shape index (κ3) is 2.26. The number of hydrogen-bond donors (Lipinski definition) is 0. The number of aromatic nitrogens is 4. The molecule has 1 aliphatic heterocycles. The van der Waals surface area contributed by atoms with Crippen molar-refractivity contribution in [2.75, 3.05) is 18.0 Å². The standard InChI is InChI=1S/C12H12ClN5/c13-11-15-10(9-3-5-14-6-4-9)16-12(17-11)18-7-1-2-8-18/h3-6H,1-2,7-8H2. The number of anilines is 1. The molecule has 18 heavy (non-hydrogen) atoms. The summed E-state index contributed by atoms with van der Waals surface area (Å²) in [5.74, 6) is 1.26. The molecular formula is C12H12ClN5. The molecule has 0 saturated carbocycles. The minimum Gasteiger partial charge on any atom is -0.341 e. The first-order valence-corrected chi connectivity index (χ1v) is 6.28. The first kappa shape index (κ1) is 11.3. The number of hydrogen-bond acceptors (Lipinski definition) is 5. The van der Waals surface area contributed by atoms with E-state index in [1.165, 1.54) is 12.8 Å². The van der Waals surface area contributed by atoms with Gasteiger partial charge >= 0.3 is 0 Å². The summed E-state index contributed by atoms with van der Waals surface area (Å²) in [6, 6.07) is 3.72. The van der Waals surface area contributed by atoms with Crippen molar-refractivity contribution in [2.24, 2.45) is 0 Å². The number of pyridine rings is 1. The van der Waals surface area contributed by atoms with Crippen LogP contribution in [-0.4, -0.2) is 33.0 Å². The van der Waals surface area contributed by atoms with Crippen molar-refractivity contribution in [1.82, 2.24) is 19.9 Å². The molecule has 2 aromatic heterocycles. The molecular weight excluding hydrogens is 250 g/mol. The van der Waals surface area contributed by atoms with Gasteiger partial charge in [-0.1, -0.05) is 0 Å². The Morgan fingerprint density at radius 1 is 1.00 bits per heavy atom. The lowest BCUT2D eigenvalue weighted by Gasteiger charge is -2.15. The van der Waals surface area contributed by atoms with Gasteiger partial charge in [-0.15, -0.1) is 0 Å². The third-order valence-electron chi connectivity index (χ3n) is 2.92. The molecule has 2 aromatic rings. The molecule has 0 atom stereocenters. The van der Waals surface area contributed by atoms with E-state index in [2.05, 4.69) is 24.8 Å². The molecule has 0 aliphatic carbocycles. The van der Waals surface area contributed by atoms with Crippen LogP contribution in [0.15, 0.2) is 24.5 Å². The molecule has 1 fully saturated rings. The maximum absolute atomic E-state index is 5.97. The van der Waals surface area contributed by atoms with E-state index in [0.29, 0.717) is 11.8 Å². The SMILES string of the molecule is Clc1nc(-c2ccncc2)nc(N2CCCC2)n1. The van der Waals surface area contributed by atoms with E-state index in [-0.39, 0.29) is 5.28 Å². The molecule has 0 spiro atoms. The predicted octanol–water partition coefficient (Wildman–Crippen LogP) is 2.19. The zero-order valence-electron chi connectivity index (χ0n) is 9.75. The summed E-state index contributed by atoms with van der Waals surface area (Å²) in [7, 11) is 0. The van der Waals surface area contributed by atoms with Crippen LogP contribution in [0.2, 0.25) is 5.28 Å². The Balaban J connectivity index is 2.00. The van der Waals surface area contributed by atoms with E-state index in [0.717, 1.165) is 18.7 Å². The molecule has 0 amide bonds. The van der Waals surface area contributed by atoms with Gasteiger partial charge in [-0.25, -0.2) is 0 Å². The summed E-state index contributed by atoms with van der Waals surface area (Å²) in [5.41, 5.74) is 0.898. The van der Waals surface area contributed by atoms with E-state index < -0.39 is 0 Å². The molecule has 0 aromatic carbocycles. The van der Waals surface area contributed by atoms with Crippen LogP contribution in [0.25, 0.3) is 11.4 Å². The average molecular weight is 262 g/mol. The van der Waals surface area contributed by atoms with Crippen molar-refractivity contribution >= 4 is 17.5 Å². The van der Waals surface area contributed by atoms with Crippen molar-refractivity contribution in [1.29, 1.82) is 0 Å². The molecule has 3 heterocycles. The van der Waals surface area contributed by atoms with Crippen LogP contribution in [-0.2, 0) is 0 Å². The Morgan fingerprint density at radius 3 is 2.44 bits per heavy atom. The molecule has 1 aliphatic rings. The maximum Gasteiger partial charge on any atom is 0.230 e. The lowest BCUT2D eigenvalue weighted by atomic mass is 10.2. The monoisotopic (exact) mass is 261 g/mol. The van der Waals surface area contributed by atoms with Gasteiger partial charge in [-0.2, -0.15) is 15.0 Å². The van der Waals surface area contributed by atoms with E-state index in [4.69, 9.17) is 11.6 Å². The fourth-order valence-electron chi connectivity index (χ4n) is 2.03. The van der Waals surface area contributed by atoms with Gasteiger partial charge in [-0.05, 0) is 36.6 Å². The second-order valence-electron chi connectivity index (χ2n) is 4.16. The fraction of sp³-hybridized carbons (Fsp3) is 0.333. The van der Waals surface area contributed by atoms with Gasteiger partial charge in [0.2, 0.25) is 11.2 Å². The van der Waals surface area contributed by atoms with Crippen molar-refractivity contribution in [3.8, 4) is 11.4 Å². The highest BCUT2D eigenvalue weighted by Gasteiger charge is 2.17. The summed E-state index contributed by atoms with van der Waals surface area (Å²) in [6.45, 7) is 1.96. The summed E-state index contributed by atoms with van der Waals surface area (Å²) in [5, 5.41) is 0.235. The Labute approximate surface area is 110 Å². The molecule has 0 bridgehead atoms.